The molecule has 0 aliphatic rings. The monoisotopic (exact) mass is 679 g/mol. The fourth-order valence-corrected chi connectivity index (χ4v) is 6.95. The molecule has 0 saturated carbocycles. The van der Waals surface area contributed by atoms with Crippen molar-refractivity contribution in [2.24, 2.45) is 0 Å². The smallest absolute Gasteiger partial charge is 0.264 e. The topological polar surface area (TPSA) is 86.8 Å². The SMILES string of the molecule is Cc1ccc(S(=O)(=O)N(CC(=O)N(Cc2ccc(Cl)c(Cl)c2)[C@H](Cc2ccccc2)C(=O)NC(C)C)c2cc(C)cc(C)c2)cc1. The molecule has 0 unspecified atom stereocenters. The van der Waals surface area contributed by atoms with Gasteiger partial charge >= 0.3 is 0 Å². The van der Waals surface area contributed by atoms with Gasteiger partial charge in [-0.25, -0.2) is 8.42 Å². The van der Waals surface area contributed by atoms with E-state index in [4.69, 9.17) is 23.2 Å². The molecule has 4 rings (SSSR count). The number of benzene rings is 4. The minimum atomic E-state index is -4.20. The summed E-state index contributed by atoms with van der Waals surface area (Å²) in [5, 5.41) is 3.61. The summed E-state index contributed by atoms with van der Waals surface area (Å²) in [5.41, 5.74) is 4.43. The molecule has 0 spiro atoms. The second-order valence-electron chi connectivity index (χ2n) is 11.8. The van der Waals surface area contributed by atoms with E-state index in [1.165, 1.54) is 17.0 Å². The molecule has 0 aliphatic carbocycles. The van der Waals surface area contributed by atoms with Gasteiger partial charge in [0.15, 0.2) is 0 Å². The zero-order valence-corrected chi connectivity index (χ0v) is 29.0. The van der Waals surface area contributed by atoms with Gasteiger partial charge in [-0.1, -0.05) is 83.4 Å². The highest BCUT2D eigenvalue weighted by Gasteiger charge is 2.35. The van der Waals surface area contributed by atoms with Gasteiger partial charge < -0.3 is 10.2 Å². The van der Waals surface area contributed by atoms with Gasteiger partial charge in [0.05, 0.1) is 20.6 Å². The third kappa shape index (κ3) is 8.90. The molecule has 10 heteroatoms. The van der Waals surface area contributed by atoms with Crippen molar-refractivity contribution in [3.05, 3.63) is 129 Å². The van der Waals surface area contributed by atoms with E-state index in [1.807, 2.05) is 71.0 Å². The third-order valence-corrected chi connectivity index (χ3v) is 9.95. The van der Waals surface area contributed by atoms with Crippen LogP contribution in [0.5, 0.6) is 0 Å². The summed E-state index contributed by atoms with van der Waals surface area (Å²) in [4.78, 5) is 29.9. The number of nitrogens with one attached hydrogen (secondary N) is 1. The van der Waals surface area contributed by atoms with Gasteiger partial charge in [-0.15, -0.1) is 0 Å². The number of aryl methyl sites for hydroxylation is 3. The standard InChI is InChI=1S/C36H39Cl2N3O4S/c1-24(2)39-36(43)34(21-28-9-7-6-8-10-28)40(22-29-13-16-32(37)33(38)20-29)35(42)23-41(30-18-26(4)17-27(5)19-30)46(44,45)31-14-11-25(3)12-15-31/h6-20,24,34H,21-23H2,1-5H3,(H,39,43)/t34-/m1/s1. The van der Waals surface area contributed by atoms with Crippen LogP contribution in [0.1, 0.15) is 41.7 Å². The van der Waals surface area contributed by atoms with Crippen LogP contribution in [0, 0.1) is 20.8 Å². The van der Waals surface area contributed by atoms with Gasteiger partial charge in [0.1, 0.15) is 12.6 Å². The maximum absolute atomic E-state index is 14.6. The quantitative estimate of drug-likeness (QED) is 0.171. The van der Waals surface area contributed by atoms with Crippen molar-refractivity contribution in [2.45, 2.75) is 64.6 Å². The lowest BCUT2D eigenvalue weighted by molar-refractivity contribution is -0.140. The van der Waals surface area contributed by atoms with Crippen molar-refractivity contribution in [3.63, 3.8) is 0 Å². The summed E-state index contributed by atoms with van der Waals surface area (Å²) in [5.74, 6) is -0.910. The van der Waals surface area contributed by atoms with E-state index in [9.17, 15) is 18.0 Å². The Kier molecular flexibility index (Phi) is 11.5. The Morgan fingerprint density at radius 3 is 1.98 bits per heavy atom. The highest BCUT2D eigenvalue weighted by Crippen LogP contribution is 2.28. The molecule has 0 bridgehead atoms. The molecule has 2 amide bonds. The molecule has 1 N–H and O–H groups in total. The molecule has 0 aromatic heterocycles. The van der Waals surface area contributed by atoms with Crippen molar-refractivity contribution in [3.8, 4) is 0 Å². The first-order valence-corrected chi connectivity index (χ1v) is 17.2. The first-order chi connectivity index (χ1) is 21.7. The molecule has 0 saturated heterocycles. The number of anilines is 1. The molecule has 1 atom stereocenters. The Balaban J connectivity index is 1.84. The number of rotatable bonds is 12. The molecule has 0 radical (unpaired) electrons. The highest BCUT2D eigenvalue weighted by molar-refractivity contribution is 7.92. The number of amides is 2. The number of carbonyl (C=O) groups is 2. The first kappa shape index (κ1) is 35.0. The Bertz CT molecular complexity index is 1780. The van der Waals surface area contributed by atoms with Crippen LogP contribution in [-0.4, -0.2) is 43.8 Å². The van der Waals surface area contributed by atoms with Crippen LogP contribution in [0.4, 0.5) is 5.69 Å². The fourth-order valence-electron chi connectivity index (χ4n) is 5.23. The lowest BCUT2D eigenvalue weighted by Crippen LogP contribution is -2.54. The van der Waals surface area contributed by atoms with E-state index in [-0.39, 0.29) is 29.8 Å². The van der Waals surface area contributed by atoms with E-state index in [0.29, 0.717) is 21.3 Å². The maximum atomic E-state index is 14.6. The zero-order valence-electron chi connectivity index (χ0n) is 26.6. The lowest BCUT2D eigenvalue weighted by atomic mass is 10.0. The summed E-state index contributed by atoms with van der Waals surface area (Å²) in [7, 11) is -4.20. The number of halogens is 2. The van der Waals surface area contributed by atoms with Gasteiger partial charge in [0, 0.05) is 19.0 Å². The van der Waals surface area contributed by atoms with Crippen molar-refractivity contribution in [1.29, 1.82) is 0 Å². The molecular weight excluding hydrogens is 641 g/mol. The van der Waals surface area contributed by atoms with Crippen LogP contribution in [-0.2, 0) is 32.6 Å². The average Bonchev–Trinajstić information content (AvgIpc) is 2.99. The number of hydrogen-bond donors (Lipinski definition) is 1. The van der Waals surface area contributed by atoms with Gasteiger partial charge in [-0.05, 0) is 93.3 Å². The Hall–Kier alpha value is -3.85. The number of carbonyl (C=O) groups excluding carboxylic acids is 2. The second kappa shape index (κ2) is 15.2. The van der Waals surface area contributed by atoms with E-state index in [1.54, 1.807) is 42.5 Å². The summed E-state index contributed by atoms with van der Waals surface area (Å²) < 4.78 is 29.6. The Labute approximate surface area is 282 Å². The molecule has 7 nitrogen and oxygen atoms in total. The van der Waals surface area contributed by atoms with Crippen molar-refractivity contribution in [1.82, 2.24) is 10.2 Å². The van der Waals surface area contributed by atoms with Crippen molar-refractivity contribution >= 4 is 50.7 Å². The summed E-state index contributed by atoms with van der Waals surface area (Å²) in [6, 6.07) is 25.2. The van der Waals surface area contributed by atoms with Crippen LogP contribution in [0.25, 0.3) is 0 Å². The fraction of sp³-hybridized carbons (Fsp3) is 0.278. The first-order valence-electron chi connectivity index (χ1n) is 15.0. The number of hydrogen-bond acceptors (Lipinski definition) is 4. The molecule has 0 aliphatic heterocycles. The Morgan fingerprint density at radius 2 is 1.39 bits per heavy atom. The maximum Gasteiger partial charge on any atom is 0.264 e. The van der Waals surface area contributed by atoms with Crippen LogP contribution in [0.3, 0.4) is 0 Å². The van der Waals surface area contributed by atoms with Gasteiger partial charge in [0.2, 0.25) is 11.8 Å². The Morgan fingerprint density at radius 1 is 0.761 bits per heavy atom. The largest absolute Gasteiger partial charge is 0.352 e. The minimum Gasteiger partial charge on any atom is -0.352 e. The molecule has 46 heavy (non-hydrogen) atoms. The third-order valence-electron chi connectivity index (χ3n) is 7.42. The van der Waals surface area contributed by atoms with Gasteiger partial charge in [0.25, 0.3) is 10.0 Å². The summed E-state index contributed by atoms with van der Waals surface area (Å²) in [6.07, 6.45) is 0.209. The van der Waals surface area contributed by atoms with E-state index >= 15 is 0 Å². The number of sulfonamides is 1. The van der Waals surface area contributed by atoms with E-state index in [0.717, 1.165) is 26.6 Å². The van der Waals surface area contributed by atoms with Crippen molar-refractivity contribution < 1.29 is 18.0 Å². The normalized spacial score (nSPS) is 12.1. The highest BCUT2D eigenvalue weighted by atomic mass is 35.5. The molecule has 242 valence electrons. The second-order valence-corrected chi connectivity index (χ2v) is 14.5. The molecule has 0 heterocycles. The average molecular weight is 681 g/mol. The van der Waals surface area contributed by atoms with Crippen LogP contribution in [0.2, 0.25) is 10.0 Å². The zero-order chi connectivity index (χ0) is 33.6. The number of nitrogens with zero attached hydrogens (tertiary/aromatic N) is 2. The molecule has 4 aromatic rings. The van der Waals surface area contributed by atoms with Crippen molar-refractivity contribution in [2.75, 3.05) is 10.8 Å². The predicted molar refractivity (Wildman–Crippen MR) is 186 cm³/mol. The molecule has 0 fully saturated rings. The van der Waals surface area contributed by atoms with Crippen LogP contribution >= 0.6 is 23.2 Å². The van der Waals surface area contributed by atoms with Crippen LogP contribution < -0.4 is 9.62 Å². The predicted octanol–water partition coefficient (Wildman–Crippen LogP) is 7.28. The molecular formula is C36H39Cl2N3O4S. The van der Waals surface area contributed by atoms with E-state index in [2.05, 4.69) is 5.32 Å². The van der Waals surface area contributed by atoms with Crippen LogP contribution in [0.15, 0.2) is 95.9 Å². The summed E-state index contributed by atoms with van der Waals surface area (Å²) >= 11 is 12.5. The summed E-state index contributed by atoms with van der Waals surface area (Å²) in [6.45, 7) is 8.76. The van der Waals surface area contributed by atoms with Gasteiger partial charge in [-0.2, -0.15) is 0 Å². The minimum absolute atomic E-state index is 0.00992. The van der Waals surface area contributed by atoms with E-state index < -0.39 is 28.5 Å². The lowest BCUT2D eigenvalue weighted by Gasteiger charge is -2.34. The van der Waals surface area contributed by atoms with Gasteiger partial charge in [-0.3, -0.25) is 13.9 Å². The molecule has 4 aromatic carbocycles.